The first-order valence-corrected chi connectivity index (χ1v) is 8.14. The molecule has 1 heterocycles. The number of carbonyl (C=O) groups is 1. The first-order chi connectivity index (χ1) is 10.7. The number of nitrogens with two attached hydrogens (primary N) is 1. The van der Waals surface area contributed by atoms with Crippen LogP contribution in [0.3, 0.4) is 0 Å². The number of amides is 1. The Bertz CT molecular complexity index is 527. The molecule has 3 N–H and O–H groups in total. The molecule has 0 bridgehead atoms. The van der Waals surface area contributed by atoms with E-state index in [1.54, 1.807) is 0 Å². The van der Waals surface area contributed by atoms with Gasteiger partial charge < -0.3 is 16.0 Å². The number of nitrogens with zero attached hydrogens (tertiary/aromatic N) is 2. The van der Waals surface area contributed by atoms with E-state index in [4.69, 9.17) is 5.73 Å². The Morgan fingerprint density at radius 2 is 2.18 bits per heavy atom. The zero-order valence-electron chi connectivity index (χ0n) is 13.3. The molecule has 120 valence electrons. The molecule has 0 saturated heterocycles. The molecule has 0 atom stereocenters. The summed E-state index contributed by atoms with van der Waals surface area (Å²) in [7, 11) is 0. The van der Waals surface area contributed by atoms with E-state index in [-0.39, 0.29) is 5.91 Å². The first-order valence-electron chi connectivity index (χ1n) is 8.14. The van der Waals surface area contributed by atoms with Gasteiger partial charge in [0.15, 0.2) is 5.96 Å². The number of hydrogen-bond donors (Lipinski definition) is 2. The van der Waals surface area contributed by atoms with Crippen LogP contribution in [0.2, 0.25) is 0 Å². The molecular formula is C17H26N4O. The molecule has 0 spiro atoms. The van der Waals surface area contributed by atoms with E-state index in [0.717, 1.165) is 44.5 Å². The van der Waals surface area contributed by atoms with Crippen LogP contribution in [0.15, 0.2) is 29.3 Å². The van der Waals surface area contributed by atoms with Crippen LogP contribution in [0, 0.1) is 0 Å². The van der Waals surface area contributed by atoms with Crippen LogP contribution in [-0.2, 0) is 11.2 Å². The lowest BCUT2D eigenvalue weighted by molar-refractivity contribution is -0.118. The van der Waals surface area contributed by atoms with Crippen LogP contribution in [0.25, 0.3) is 0 Å². The highest BCUT2D eigenvalue weighted by Crippen LogP contribution is 2.27. The minimum absolute atomic E-state index is 0.178. The first kappa shape index (κ1) is 16.3. The molecule has 5 nitrogen and oxygen atoms in total. The van der Waals surface area contributed by atoms with E-state index in [9.17, 15) is 4.79 Å². The topological polar surface area (TPSA) is 70.7 Å². The summed E-state index contributed by atoms with van der Waals surface area (Å²) in [6.45, 7) is 4.38. The number of guanidine groups is 1. The Morgan fingerprint density at radius 1 is 1.36 bits per heavy atom. The van der Waals surface area contributed by atoms with Crippen LogP contribution in [0.5, 0.6) is 0 Å². The molecule has 0 saturated carbocycles. The molecule has 1 aromatic rings. The fourth-order valence-corrected chi connectivity index (χ4v) is 2.61. The Morgan fingerprint density at radius 3 is 3.00 bits per heavy atom. The highest BCUT2D eigenvalue weighted by atomic mass is 16.2. The van der Waals surface area contributed by atoms with Gasteiger partial charge in [0, 0.05) is 31.7 Å². The lowest BCUT2D eigenvalue weighted by Crippen LogP contribution is -2.32. The van der Waals surface area contributed by atoms with E-state index in [0.29, 0.717) is 18.9 Å². The fourth-order valence-electron chi connectivity index (χ4n) is 2.61. The normalized spacial score (nSPS) is 14.0. The zero-order valence-corrected chi connectivity index (χ0v) is 13.3. The molecule has 0 aliphatic carbocycles. The summed E-state index contributed by atoms with van der Waals surface area (Å²) in [5, 5.41) is 3.07. The highest BCUT2D eigenvalue weighted by Gasteiger charge is 2.23. The average molecular weight is 302 g/mol. The van der Waals surface area contributed by atoms with Crippen LogP contribution in [-0.4, -0.2) is 31.5 Å². The van der Waals surface area contributed by atoms with Gasteiger partial charge >= 0.3 is 0 Å². The molecule has 0 radical (unpaired) electrons. The predicted octanol–water partition coefficient (Wildman–Crippen LogP) is 2.06. The van der Waals surface area contributed by atoms with Crippen molar-refractivity contribution in [2.45, 2.75) is 39.0 Å². The van der Waals surface area contributed by atoms with E-state index in [2.05, 4.69) is 23.3 Å². The van der Waals surface area contributed by atoms with E-state index in [1.807, 2.05) is 23.1 Å². The van der Waals surface area contributed by atoms with Crippen molar-refractivity contribution in [2.75, 3.05) is 24.5 Å². The number of nitrogens with one attached hydrogen (secondary N) is 1. The third kappa shape index (κ3) is 4.48. The zero-order chi connectivity index (χ0) is 15.8. The Kier molecular flexibility index (Phi) is 6.25. The predicted molar refractivity (Wildman–Crippen MR) is 91.1 cm³/mol. The van der Waals surface area contributed by atoms with Gasteiger partial charge in [-0.1, -0.05) is 31.5 Å². The number of anilines is 1. The van der Waals surface area contributed by atoms with Gasteiger partial charge in [0.25, 0.3) is 0 Å². The smallest absolute Gasteiger partial charge is 0.227 e. The second kappa shape index (κ2) is 8.41. The summed E-state index contributed by atoms with van der Waals surface area (Å²) in [4.78, 5) is 18.4. The molecule has 1 aliphatic rings. The Labute approximate surface area is 132 Å². The van der Waals surface area contributed by atoms with Gasteiger partial charge in [0.2, 0.25) is 5.91 Å². The third-order valence-corrected chi connectivity index (χ3v) is 3.86. The number of unbranched alkanes of at least 4 members (excludes halogenated alkanes) is 1. The summed E-state index contributed by atoms with van der Waals surface area (Å²) < 4.78 is 0. The summed E-state index contributed by atoms with van der Waals surface area (Å²) in [6.07, 6.45) is 4.41. The lowest BCUT2D eigenvalue weighted by atomic mass is 10.2. The van der Waals surface area contributed by atoms with Crippen LogP contribution in [0.4, 0.5) is 5.69 Å². The number of carbonyl (C=O) groups excluding carboxylic acids is 1. The minimum Gasteiger partial charge on any atom is -0.370 e. The molecule has 1 amide bonds. The third-order valence-electron chi connectivity index (χ3n) is 3.86. The van der Waals surface area contributed by atoms with Gasteiger partial charge in [-0.25, -0.2) is 0 Å². The fraction of sp³-hybridized carbons (Fsp3) is 0.529. The monoisotopic (exact) mass is 302 g/mol. The second-order valence-electron chi connectivity index (χ2n) is 5.57. The highest BCUT2D eigenvalue weighted by molar-refractivity contribution is 5.95. The van der Waals surface area contributed by atoms with Crippen LogP contribution < -0.4 is 16.0 Å². The number of aliphatic imine (C=N–C) groups is 1. The standard InChI is InChI=1S/C17H26N4O/c1-2-3-11-19-17(18)20-12-6-9-16(22)21-13-10-14-7-4-5-8-15(14)21/h4-5,7-8H,2-3,6,9-13H2,1H3,(H3,18,19,20). The van der Waals surface area contributed by atoms with Crippen molar-refractivity contribution in [3.8, 4) is 0 Å². The SMILES string of the molecule is CCCCNC(N)=NCCCC(=O)N1CCc2ccccc21. The summed E-state index contributed by atoms with van der Waals surface area (Å²) >= 11 is 0. The largest absolute Gasteiger partial charge is 0.370 e. The Hall–Kier alpha value is -2.04. The van der Waals surface area contributed by atoms with Crippen molar-refractivity contribution in [1.29, 1.82) is 0 Å². The van der Waals surface area contributed by atoms with Crippen molar-refractivity contribution in [1.82, 2.24) is 5.32 Å². The molecule has 1 aliphatic heterocycles. The Balaban J connectivity index is 1.72. The quantitative estimate of drug-likeness (QED) is 0.460. The minimum atomic E-state index is 0.178. The van der Waals surface area contributed by atoms with Crippen molar-refractivity contribution in [2.24, 2.45) is 10.7 Å². The maximum atomic E-state index is 12.3. The second-order valence-corrected chi connectivity index (χ2v) is 5.57. The summed E-state index contributed by atoms with van der Waals surface area (Å²) in [6, 6.07) is 8.12. The number of para-hydroxylation sites is 1. The van der Waals surface area contributed by atoms with Gasteiger partial charge in [0.05, 0.1) is 0 Å². The van der Waals surface area contributed by atoms with Gasteiger partial charge in [-0.05, 0) is 30.9 Å². The molecule has 22 heavy (non-hydrogen) atoms. The van der Waals surface area contributed by atoms with Crippen molar-refractivity contribution < 1.29 is 4.79 Å². The molecule has 1 aromatic carbocycles. The number of benzene rings is 1. The maximum absolute atomic E-state index is 12.3. The lowest BCUT2D eigenvalue weighted by Gasteiger charge is -2.16. The average Bonchev–Trinajstić information content (AvgIpc) is 2.96. The molecule has 5 heteroatoms. The number of fused-ring (bicyclic) bond motifs is 1. The molecule has 0 fully saturated rings. The van der Waals surface area contributed by atoms with Crippen LogP contribution >= 0.6 is 0 Å². The van der Waals surface area contributed by atoms with Gasteiger partial charge in [-0.15, -0.1) is 0 Å². The number of rotatable bonds is 7. The summed E-state index contributed by atoms with van der Waals surface area (Å²) in [5.41, 5.74) is 8.09. The maximum Gasteiger partial charge on any atom is 0.227 e. The number of hydrogen-bond acceptors (Lipinski definition) is 2. The van der Waals surface area contributed by atoms with E-state index in [1.165, 1.54) is 5.56 Å². The van der Waals surface area contributed by atoms with Crippen molar-refractivity contribution >= 4 is 17.6 Å². The van der Waals surface area contributed by atoms with E-state index >= 15 is 0 Å². The van der Waals surface area contributed by atoms with E-state index < -0.39 is 0 Å². The molecule has 0 unspecified atom stereocenters. The summed E-state index contributed by atoms with van der Waals surface area (Å²) in [5.74, 6) is 0.657. The van der Waals surface area contributed by atoms with Gasteiger partial charge in [-0.3, -0.25) is 9.79 Å². The van der Waals surface area contributed by atoms with Crippen molar-refractivity contribution in [3.63, 3.8) is 0 Å². The van der Waals surface area contributed by atoms with Crippen LogP contribution in [0.1, 0.15) is 38.2 Å². The molecule has 2 rings (SSSR count). The van der Waals surface area contributed by atoms with Crippen molar-refractivity contribution in [3.05, 3.63) is 29.8 Å². The van der Waals surface area contributed by atoms with Gasteiger partial charge in [-0.2, -0.15) is 0 Å². The molecule has 0 aromatic heterocycles. The molecular weight excluding hydrogens is 276 g/mol. The van der Waals surface area contributed by atoms with Gasteiger partial charge in [0.1, 0.15) is 0 Å².